The van der Waals surface area contributed by atoms with E-state index in [1.807, 2.05) is 13.8 Å². The van der Waals surface area contributed by atoms with E-state index < -0.39 is 5.56 Å². The molecule has 4 nitrogen and oxygen atoms in total. The van der Waals surface area contributed by atoms with Crippen LogP contribution in [0.2, 0.25) is 0 Å². The molecule has 0 saturated carbocycles. The first kappa shape index (κ1) is 11.3. The average molecular weight is 209 g/mol. The van der Waals surface area contributed by atoms with Gasteiger partial charge in [-0.2, -0.15) is 0 Å². The minimum absolute atomic E-state index is 0.0104. The Balaban J connectivity index is 0.000000531. The number of rotatable bonds is 0. The zero-order valence-corrected chi connectivity index (χ0v) is 8.86. The second-order valence-corrected chi connectivity index (χ2v) is 2.62. The molecule has 0 aromatic carbocycles. The summed E-state index contributed by atoms with van der Waals surface area (Å²) in [6, 6.07) is 3.06. The lowest BCUT2D eigenvalue weighted by atomic mass is 10.3. The molecular formula is C10H12FN3O. The van der Waals surface area contributed by atoms with Crippen molar-refractivity contribution in [1.82, 2.24) is 14.8 Å². The van der Waals surface area contributed by atoms with Crippen LogP contribution in [-0.2, 0) is 0 Å². The van der Waals surface area contributed by atoms with E-state index in [9.17, 15) is 9.28 Å². The first-order valence-electron chi connectivity index (χ1n) is 4.70. The maximum Gasteiger partial charge on any atom is 0.291 e. The Labute approximate surface area is 86.3 Å². The molecule has 0 aliphatic heterocycles. The fraction of sp³-hybridized carbons (Fsp3) is 0.300. The number of aromatic nitrogens is 3. The Morgan fingerprint density at radius 1 is 1.40 bits per heavy atom. The van der Waals surface area contributed by atoms with Crippen LogP contribution >= 0.6 is 0 Å². The summed E-state index contributed by atoms with van der Waals surface area (Å²) in [6.45, 7) is 5.41. The van der Waals surface area contributed by atoms with Crippen molar-refractivity contribution in [2.75, 3.05) is 0 Å². The number of nitrogens with zero attached hydrogens (tertiary/aromatic N) is 3. The largest absolute Gasteiger partial charge is 0.291 e. The lowest BCUT2D eigenvalue weighted by Crippen LogP contribution is -2.18. The molecule has 2 rings (SSSR count). The number of hydrogen-bond acceptors (Lipinski definition) is 3. The monoisotopic (exact) mass is 209 g/mol. The summed E-state index contributed by atoms with van der Waals surface area (Å²) < 4.78 is 13.0. The van der Waals surface area contributed by atoms with Gasteiger partial charge in [-0.15, -0.1) is 4.79 Å². The Morgan fingerprint density at radius 3 is 2.73 bits per heavy atom. The molecule has 5 heteroatoms. The van der Waals surface area contributed by atoms with Gasteiger partial charge in [0.05, 0.1) is 5.39 Å². The Kier molecular flexibility index (Phi) is 3.49. The van der Waals surface area contributed by atoms with Gasteiger partial charge in [0.2, 0.25) is 0 Å². The summed E-state index contributed by atoms with van der Waals surface area (Å²) in [5.74, 6) is 0.0104. The van der Waals surface area contributed by atoms with Crippen LogP contribution in [-0.4, -0.2) is 14.8 Å². The zero-order chi connectivity index (χ0) is 11.4. The van der Waals surface area contributed by atoms with Gasteiger partial charge in [-0.05, 0) is 19.1 Å². The molecule has 80 valence electrons. The minimum Gasteiger partial charge on any atom is -0.266 e. The molecule has 0 N–H and O–H groups in total. The smallest absolute Gasteiger partial charge is 0.266 e. The SMILES string of the molecule is CC.Cc1nc2ncccc2c(=O)n1F. The first-order chi connectivity index (χ1) is 7.20. The van der Waals surface area contributed by atoms with Crippen molar-refractivity contribution in [2.45, 2.75) is 20.8 Å². The number of hydrogen-bond donors (Lipinski definition) is 0. The first-order valence-corrected chi connectivity index (χ1v) is 4.70. The van der Waals surface area contributed by atoms with Gasteiger partial charge >= 0.3 is 0 Å². The van der Waals surface area contributed by atoms with Crippen LogP contribution in [0.15, 0.2) is 23.1 Å². The standard InChI is InChI=1S/C8H6FN3O.C2H6/c1-5-11-7-6(3-2-4-10-7)8(13)12(5)9;1-2/h2-4H,1H3;1-2H3. The maximum atomic E-state index is 13.0. The molecule has 0 fully saturated rings. The molecule has 2 aromatic rings. The molecule has 0 amide bonds. The summed E-state index contributed by atoms with van der Waals surface area (Å²) in [4.78, 5) is 18.9. The molecule has 0 radical (unpaired) electrons. The normalized spacial score (nSPS) is 9.60. The van der Waals surface area contributed by atoms with Crippen molar-refractivity contribution >= 4 is 11.0 Å². The van der Waals surface area contributed by atoms with Crippen LogP contribution in [0.25, 0.3) is 11.0 Å². The molecule has 2 aromatic heterocycles. The fourth-order valence-corrected chi connectivity index (χ4v) is 1.10. The molecule has 0 saturated heterocycles. The molecule has 0 aliphatic carbocycles. The minimum atomic E-state index is -0.712. The van der Waals surface area contributed by atoms with Crippen molar-refractivity contribution in [2.24, 2.45) is 0 Å². The maximum absolute atomic E-state index is 13.0. The Bertz CT molecular complexity index is 522. The van der Waals surface area contributed by atoms with Crippen LogP contribution in [0.4, 0.5) is 4.48 Å². The highest BCUT2D eigenvalue weighted by Gasteiger charge is 2.06. The van der Waals surface area contributed by atoms with Gasteiger partial charge in [-0.3, -0.25) is 4.79 Å². The van der Waals surface area contributed by atoms with Crippen LogP contribution < -0.4 is 5.56 Å². The highest BCUT2D eigenvalue weighted by atomic mass is 19.2. The van der Waals surface area contributed by atoms with Crippen LogP contribution in [0.5, 0.6) is 0 Å². The lowest BCUT2D eigenvalue weighted by molar-refractivity contribution is 0.337. The molecule has 2 heterocycles. The molecule has 0 spiro atoms. The summed E-state index contributed by atoms with van der Waals surface area (Å²) in [5.41, 5.74) is -0.436. The van der Waals surface area contributed by atoms with Gasteiger partial charge in [-0.25, -0.2) is 9.97 Å². The van der Waals surface area contributed by atoms with E-state index in [2.05, 4.69) is 9.97 Å². The van der Waals surface area contributed by atoms with E-state index >= 15 is 0 Å². The predicted molar refractivity (Wildman–Crippen MR) is 56.4 cm³/mol. The van der Waals surface area contributed by atoms with E-state index in [0.29, 0.717) is 0 Å². The number of aryl methyl sites for hydroxylation is 1. The third-order valence-electron chi connectivity index (χ3n) is 1.75. The second kappa shape index (κ2) is 4.63. The quantitative estimate of drug-likeness (QED) is 0.665. The highest BCUT2D eigenvalue weighted by molar-refractivity contribution is 5.72. The van der Waals surface area contributed by atoms with E-state index in [-0.39, 0.29) is 21.6 Å². The molecule has 0 atom stereocenters. The fourth-order valence-electron chi connectivity index (χ4n) is 1.10. The van der Waals surface area contributed by atoms with Gasteiger partial charge in [0.1, 0.15) is 5.82 Å². The lowest BCUT2D eigenvalue weighted by Gasteiger charge is -1.99. The zero-order valence-electron chi connectivity index (χ0n) is 8.86. The third kappa shape index (κ3) is 2.01. The molecule has 15 heavy (non-hydrogen) atoms. The Morgan fingerprint density at radius 2 is 2.07 bits per heavy atom. The second-order valence-electron chi connectivity index (χ2n) is 2.62. The average Bonchev–Trinajstić information content (AvgIpc) is 2.29. The summed E-state index contributed by atoms with van der Waals surface area (Å²) in [5, 5.41) is 0.190. The summed E-state index contributed by atoms with van der Waals surface area (Å²) >= 11 is 0. The number of fused-ring (bicyclic) bond motifs is 1. The topological polar surface area (TPSA) is 47.8 Å². The van der Waals surface area contributed by atoms with Gasteiger partial charge in [0.15, 0.2) is 5.65 Å². The highest BCUT2D eigenvalue weighted by Crippen LogP contribution is 2.03. The molecule has 0 aliphatic rings. The van der Waals surface area contributed by atoms with Gasteiger partial charge < -0.3 is 0 Å². The van der Waals surface area contributed by atoms with Crippen molar-refractivity contribution in [3.63, 3.8) is 0 Å². The molecule has 0 bridgehead atoms. The van der Waals surface area contributed by atoms with Gasteiger partial charge in [-0.1, -0.05) is 18.3 Å². The van der Waals surface area contributed by atoms with E-state index in [0.717, 1.165) is 0 Å². The number of pyridine rings is 1. The van der Waals surface area contributed by atoms with E-state index in [1.54, 1.807) is 6.07 Å². The number of halogens is 1. The van der Waals surface area contributed by atoms with Crippen LogP contribution in [0.1, 0.15) is 19.7 Å². The van der Waals surface area contributed by atoms with Crippen LogP contribution in [0, 0.1) is 6.92 Å². The van der Waals surface area contributed by atoms with Crippen molar-refractivity contribution < 1.29 is 4.48 Å². The summed E-state index contributed by atoms with van der Waals surface area (Å²) in [7, 11) is 0. The van der Waals surface area contributed by atoms with E-state index in [1.165, 1.54) is 19.2 Å². The Hall–Kier alpha value is -1.78. The van der Waals surface area contributed by atoms with Crippen LogP contribution in [0.3, 0.4) is 0 Å². The summed E-state index contributed by atoms with van der Waals surface area (Å²) in [6.07, 6.45) is 1.51. The predicted octanol–water partition coefficient (Wildman–Crippen LogP) is 1.86. The van der Waals surface area contributed by atoms with Crippen molar-refractivity contribution in [3.05, 3.63) is 34.5 Å². The molecular weight excluding hydrogens is 197 g/mol. The third-order valence-corrected chi connectivity index (χ3v) is 1.75. The van der Waals surface area contributed by atoms with Crippen molar-refractivity contribution in [1.29, 1.82) is 0 Å². The van der Waals surface area contributed by atoms with E-state index in [4.69, 9.17) is 0 Å². The van der Waals surface area contributed by atoms with Gasteiger partial charge in [0, 0.05) is 6.20 Å². The molecule has 0 unspecified atom stereocenters. The van der Waals surface area contributed by atoms with Crippen molar-refractivity contribution in [3.8, 4) is 0 Å². The van der Waals surface area contributed by atoms with Gasteiger partial charge in [0.25, 0.3) is 5.56 Å².